The number of Topliss-reactive ketones (excluding diaryl/α,β-unsaturated/α-hetero) is 1. The first-order valence-electron chi connectivity index (χ1n) is 6.67. The predicted molar refractivity (Wildman–Crippen MR) is 81.2 cm³/mol. The molecule has 3 rings (SSSR count). The van der Waals surface area contributed by atoms with Crippen molar-refractivity contribution in [3.05, 3.63) is 44.3 Å². The highest BCUT2D eigenvalue weighted by Crippen LogP contribution is 2.24. The first-order valence-corrected chi connectivity index (χ1v) is 8.43. The largest absolute Gasteiger partial charge is 0.299 e. The fraction of sp³-hybridized carbons (Fsp3) is 0.400. The van der Waals surface area contributed by atoms with Crippen LogP contribution in [0.25, 0.3) is 0 Å². The summed E-state index contributed by atoms with van der Waals surface area (Å²) in [6, 6.07) is 6.11. The third kappa shape index (κ3) is 3.14. The predicted octanol–water partition coefficient (Wildman–Crippen LogP) is 3.83. The quantitative estimate of drug-likeness (QED) is 0.780. The number of ketones is 1. The number of carbonyl (C=O) groups is 1. The Morgan fingerprint density at radius 1 is 1.26 bits per heavy atom. The van der Waals surface area contributed by atoms with Crippen LogP contribution in [0.5, 0.6) is 0 Å². The molecular formula is C15H17NOS2. The average molecular weight is 291 g/mol. The molecule has 1 aliphatic rings. The molecule has 0 saturated heterocycles. The minimum atomic E-state index is 0.295. The van der Waals surface area contributed by atoms with E-state index in [1.807, 2.05) is 28.8 Å². The Balaban J connectivity index is 1.45. The molecule has 0 spiro atoms. The van der Waals surface area contributed by atoms with Gasteiger partial charge in [-0.05, 0) is 47.8 Å². The van der Waals surface area contributed by atoms with Crippen molar-refractivity contribution in [2.45, 2.75) is 25.8 Å². The molecule has 0 unspecified atom stereocenters. The van der Waals surface area contributed by atoms with Crippen LogP contribution in [0.3, 0.4) is 0 Å². The Morgan fingerprint density at radius 2 is 2.21 bits per heavy atom. The van der Waals surface area contributed by atoms with E-state index < -0.39 is 0 Å². The second-order valence-electron chi connectivity index (χ2n) is 4.90. The van der Waals surface area contributed by atoms with E-state index in [2.05, 4.69) is 16.3 Å². The molecule has 19 heavy (non-hydrogen) atoms. The molecule has 100 valence electrons. The van der Waals surface area contributed by atoms with E-state index in [9.17, 15) is 4.79 Å². The Bertz CT molecular complexity index is 544. The molecular weight excluding hydrogens is 274 g/mol. The molecule has 0 fully saturated rings. The van der Waals surface area contributed by atoms with Crippen molar-refractivity contribution in [3.63, 3.8) is 0 Å². The highest BCUT2D eigenvalue weighted by molar-refractivity contribution is 7.12. The van der Waals surface area contributed by atoms with Gasteiger partial charge >= 0.3 is 0 Å². The minimum Gasteiger partial charge on any atom is -0.299 e. The molecule has 0 amide bonds. The van der Waals surface area contributed by atoms with E-state index in [0.29, 0.717) is 12.2 Å². The number of nitrogens with zero attached hydrogens (tertiary/aromatic N) is 1. The molecule has 1 aliphatic heterocycles. The van der Waals surface area contributed by atoms with Gasteiger partial charge in [0.1, 0.15) is 0 Å². The highest BCUT2D eigenvalue weighted by atomic mass is 32.1. The first-order chi connectivity index (χ1) is 9.33. The van der Waals surface area contributed by atoms with E-state index in [-0.39, 0.29) is 0 Å². The van der Waals surface area contributed by atoms with Crippen LogP contribution in [0.15, 0.2) is 29.0 Å². The normalized spacial score (nSPS) is 15.4. The number of thiophene rings is 2. The van der Waals surface area contributed by atoms with Crippen molar-refractivity contribution in [1.29, 1.82) is 0 Å². The Labute approximate surface area is 121 Å². The van der Waals surface area contributed by atoms with Gasteiger partial charge in [-0.15, -0.1) is 22.7 Å². The Hall–Kier alpha value is -0.970. The molecule has 0 bridgehead atoms. The highest BCUT2D eigenvalue weighted by Gasteiger charge is 2.17. The molecule has 0 aromatic carbocycles. The smallest absolute Gasteiger partial charge is 0.172 e. The number of carbonyl (C=O) groups excluding carboxylic acids is 1. The summed E-state index contributed by atoms with van der Waals surface area (Å²) >= 11 is 3.42. The maximum atomic E-state index is 11.9. The van der Waals surface area contributed by atoms with E-state index in [4.69, 9.17) is 0 Å². The fourth-order valence-corrected chi connectivity index (χ4v) is 4.11. The third-order valence-electron chi connectivity index (χ3n) is 3.56. The maximum Gasteiger partial charge on any atom is 0.172 e. The van der Waals surface area contributed by atoms with Crippen LogP contribution in [-0.4, -0.2) is 23.8 Å². The monoisotopic (exact) mass is 291 g/mol. The van der Waals surface area contributed by atoms with Crippen molar-refractivity contribution in [1.82, 2.24) is 4.90 Å². The van der Waals surface area contributed by atoms with E-state index in [1.54, 1.807) is 16.2 Å². The lowest BCUT2D eigenvalue weighted by Gasteiger charge is -2.26. The lowest BCUT2D eigenvalue weighted by molar-refractivity contribution is 0.0977. The zero-order valence-corrected chi connectivity index (χ0v) is 12.4. The molecule has 2 aromatic rings. The zero-order chi connectivity index (χ0) is 13.1. The fourth-order valence-electron chi connectivity index (χ4n) is 2.52. The van der Waals surface area contributed by atoms with Gasteiger partial charge < -0.3 is 0 Å². The van der Waals surface area contributed by atoms with Crippen molar-refractivity contribution in [2.75, 3.05) is 13.1 Å². The SMILES string of the molecule is O=C(CCCN1CCc2sccc2C1)c1cccs1. The Morgan fingerprint density at radius 3 is 3.05 bits per heavy atom. The van der Waals surface area contributed by atoms with Crippen molar-refractivity contribution in [2.24, 2.45) is 0 Å². The summed E-state index contributed by atoms with van der Waals surface area (Å²) in [5.74, 6) is 0.295. The topological polar surface area (TPSA) is 20.3 Å². The molecule has 4 heteroatoms. The van der Waals surface area contributed by atoms with Crippen LogP contribution in [0.4, 0.5) is 0 Å². The van der Waals surface area contributed by atoms with Gasteiger partial charge in [-0.2, -0.15) is 0 Å². The number of hydrogen-bond acceptors (Lipinski definition) is 4. The van der Waals surface area contributed by atoms with Crippen LogP contribution in [0.2, 0.25) is 0 Å². The van der Waals surface area contributed by atoms with Crippen molar-refractivity contribution >= 4 is 28.5 Å². The Kier molecular flexibility index (Phi) is 4.11. The standard InChI is InChI=1S/C15H17NOS2/c17-13(15-4-2-9-18-15)3-1-7-16-8-5-14-12(11-16)6-10-19-14/h2,4,6,9-10H,1,3,5,7-8,11H2. The van der Waals surface area contributed by atoms with Crippen LogP contribution < -0.4 is 0 Å². The third-order valence-corrected chi connectivity index (χ3v) is 5.49. The molecule has 3 heterocycles. The molecule has 0 atom stereocenters. The molecule has 0 N–H and O–H groups in total. The molecule has 0 saturated carbocycles. The van der Waals surface area contributed by atoms with Gasteiger partial charge in [0.15, 0.2) is 5.78 Å². The van der Waals surface area contributed by atoms with Gasteiger partial charge in [-0.25, -0.2) is 0 Å². The van der Waals surface area contributed by atoms with Gasteiger partial charge in [0.05, 0.1) is 4.88 Å². The summed E-state index contributed by atoms with van der Waals surface area (Å²) in [6.45, 7) is 3.24. The van der Waals surface area contributed by atoms with Crippen LogP contribution in [-0.2, 0) is 13.0 Å². The van der Waals surface area contributed by atoms with Gasteiger partial charge in [0.2, 0.25) is 0 Å². The van der Waals surface area contributed by atoms with Gasteiger partial charge in [-0.3, -0.25) is 9.69 Å². The van der Waals surface area contributed by atoms with Crippen LogP contribution in [0.1, 0.15) is 33.0 Å². The van der Waals surface area contributed by atoms with E-state index in [0.717, 1.165) is 30.9 Å². The summed E-state index contributed by atoms with van der Waals surface area (Å²) < 4.78 is 0. The van der Waals surface area contributed by atoms with Crippen molar-refractivity contribution in [3.8, 4) is 0 Å². The minimum absolute atomic E-state index is 0.295. The van der Waals surface area contributed by atoms with Gasteiger partial charge in [-0.1, -0.05) is 6.07 Å². The summed E-state index contributed by atoms with van der Waals surface area (Å²) in [5, 5.41) is 4.16. The second-order valence-corrected chi connectivity index (χ2v) is 6.85. The van der Waals surface area contributed by atoms with E-state index in [1.165, 1.54) is 12.0 Å². The second kappa shape index (κ2) is 5.99. The molecule has 2 nitrogen and oxygen atoms in total. The maximum absolute atomic E-state index is 11.9. The lowest BCUT2D eigenvalue weighted by atomic mass is 10.1. The molecule has 2 aromatic heterocycles. The van der Waals surface area contributed by atoms with Gasteiger partial charge in [0.25, 0.3) is 0 Å². The lowest BCUT2D eigenvalue weighted by Crippen LogP contribution is -2.30. The van der Waals surface area contributed by atoms with E-state index >= 15 is 0 Å². The summed E-state index contributed by atoms with van der Waals surface area (Å²) in [4.78, 5) is 16.8. The van der Waals surface area contributed by atoms with Crippen molar-refractivity contribution < 1.29 is 4.79 Å². The zero-order valence-electron chi connectivity index (χ0n) is 10.8. The average Bonchev–Trinajstić information content (AvgIpc) is 3.09. The first kappa shape index (κ1) is 13.0. The molecule has 0 aliphatic carbocycles. The van der Waals surface area contributed by atoms with Crippen LogP contribution in [0, 0.1) is 0 Å². The number of fused-ring (bicyclic) bond motifs is 1. The number of hydrogen-bond donors (Lipinski definition) is 0. The summed E-state index contributed by atoms with van der Waals surface area (Å²) in [7, 11) is 0. The van der Waals surface area contributed by atoms with Gasteiger partial charge in [0, 0.05) is 24.4 Å². The number of rotatable bonds is 5. The van der Waals surface area contributed by atoms with Crippen LogP contribution >= 0.6 is 22.7 Å². The molecule has 0 radical (unpaired) electrons. The summed E-state index contributed by atoms with van der Waals surface area (Å²) in [6.07, 6.45) is 2.82. The summed E-state index contributed by atoms with van der Waals surface area (Å²) in [5.41, 5.74) is 1.49.